The molecule has 19 heavy (non-hydrogen) atoms. The average Bonchev–Trinajstić information content (AvgIpc) is 2.36. The van der Waals surface area contributed by atoms with Crippen LogP contribution in [0.5, 0.6) is 0 Å². The van der Waals surface area contributed by atoms with Gasteiger partial charge in [-0.15, -0.1) is 0 Å². The molecule has 0 bridgehead atoms. The first-order valence-electron chi connectivity index (χ1n) is 5.25. The number of benzene rings is 1. The summed E-state index contributed by atoms with van der Waals surface area (Å²) in [6.45, 7) is 0. The van der Waals surface area contributed by atoms with E-state index >= 15 is 0 Å². The lowest BCUT2D eigenvalue weighted by molar-refractivity contribution is -0.140. The second-order valence-corrected chi connectivity index (χ2v) is 5.44. The van der Waals surface area contributed by atoms with Crippen molar-refractivity contribution in [1.29, 1.82) is 0 Å². The summed E-state index contributed by atoms with van der Waals surface area (Å²) >= 11 is 0. The van der Waals surface area contributed by atoms with Crippen LogP contribution in [-0.2, 0) is 19.6 Å². The van der Waals surface area contributed by atoms with Crippen molar-refractivity contribution in [1.82, 2.24) is 0 Å². The van der Waals surface area contributed by atoms with E-state index in [4.69, 9.17) is 5.11 Å². The van der Waals surface area contributed by atoms with E-state index in [0.717, 1.165) is 7.11 Å². The Kier molecular flexibility index (Phi) is 4.87. The lowest BCUT2D eigenvalue weighted by atomic mass is 10.2. The summed E-state index contributed by atoms with van der Waals surface area (Å²) in [4.78, 5) is 21.8. The fraction of sp³-hybridized carbons (Fsp3) is 0.273. The molecule has 0 heterocycles. The van der Waals surface area contributed by atoms with Crippen molar-refractivity contribution in [3.63, 3.8) is 0 Å². The SMILES string of the molecule is COC(=O)CCS(=O)(=O)Nc1ccccc1C(=O)O. The van der Waals surface area contributed by atoms with Gasteiger partial charge in [-0.3, -0.25) is 9.52 Å². The highest BCUT2D eigenvalue weighted by atomic mass is 32.2. The first-order chi connectivity index (χ1) is 8.85. The molecule has 0 saturated heterocycles. The fourth-order valence-electron chi connectivity index (χ4n) is 1.30. The maximum absolute atomic E-state index is 11.7. The van der Waals surface area contributed by atoms with Crippen molar-refractivity contribution >= 4 is 27.6 Å². The van der Waals surface area contributed by atoms with Crippen molar-refractivity contribution in [3.05, 3.63) is 29.8 Å². The van der Waals surface area contributed by atoms with Gasteiger partial charge in [-0.25, -0.2) is 13.2 Å². The summed E-state index contributed by atoms with van der Waals surface area (Å²) in [6, 6.07) is 5.60. The topological polar surface area (TPSA) is 110 Å². The first kappa shape index (κ1) is 15.0. The van der Waals surface area contributed by atoms with Gasteiger partial charge in [-0.1, -0.05) is 12.1 Å². The Morgan fingerprint density at radius 2 is 1.95 bits per heavy atom. The van der Waals surface area contributed by atoms with E-state index in [1.54, 1.807) is 0 Å². The van der Waals surface area contributed by atoms with Gasteiger partial charge >= 0.3 is 11.9 Å². The number of hydrogen-bond donors (Lipinski definition) is 2. The molecule has 8 heteroatoms. The van der Waals surface area contributed by atoms with Crippen LogP contribution >= 0.6 is 0 Å². The zero-order chi connectivity index (χ0) is 14.5. The molecule has 0 saturated carbocycles. The van der Waals surface area contributed by atoms with Gasteiger partial charge in [0, 0.05) is 0 Å². The molecule has 1 rings (SSSR count). The molecule has 2 N–H and O–H groups in total. The Bertz CT molecular complexity index is 581. The quantitative estimate of drug-likeness (QED) is 0.745. The van der Waals surface area contributed by atoms with Crippen LogP contribution in [0, 0.1) is 0 Å². The van der Waals surface area contributed by atoms with Gasteiger partial charge < -0.3 is 9.84 Å². The molecule has 0 aliphatic rings. The number of ether oxygens (including phenoxy) is 1. The lowest BCUT2D eigenvalue weighted by Crippen LogP contribution is -2.20. The number of esters is 1. The van der Waals surface area contributed by atoms with E-state index in [-0.39, 0.29) is 17.7 Å². The van der Waals surface area contributed by atoms with E-state index in [1.165, 1.54) is 24.3 Å². The highest BCUT2D eigenvalue weighted by Gasteiger charge is 2.17. The van der Waals surface area contributed by atoms with Crippen molar-refractivity contribution in [2.75, 3.05) is 17.6 Å². The number of nitrogens with one attached hydrogen (secondary N) is 1. The maximum atomic E-state index is 11.7. The van der Waals surface area contributed by atoms with Crippen molar-refractivity contribution in [2.45, 2.75) is 6.42 Å². The Labute approximate surface area is 110 Å². The highest BCUT2D eigenvalue weighted by molar-refractivity contribution is 7.92. The number of carboxylic acids is 1. The van der Waals surface area contributed by atoms with E-state index in [2.05, 4.69) is 9.46 Å². The van der Waals surface area contributed by atoms with Crippen molar-refractivity contribution in [2.24, 2.45) is 0 Å². The molecule has 0 fully saturated rings. The second-order valence-electron chi connectivity index (χ2n) is 3.60. The Morgan fingerprint density at radius 3 is 2.53 bits per heavy atom. The second kappa shape index (κ2) is 6.19. The normalized spacial score (nSPS) is 10.8. The van der Waals surface area contributed by atoms with Crippen LogP contribution in [0.15, 0.2) is 24.3 Å². The largest absolute Gasteiger partial charge is 0.478 e. The zero-order valence-corrected chi connectivity index (χ0v) is 10.9. The molecule has 0 unspecified atom stereocenters. The molecule has 1 aromatic carbocycles. The maximum Gasteiger partial charge on any atom is 0.337 e. The van der Waals surface area contributed by atoms with Crippen molar-refractivity contribution < 1.29 is 27.9 Å². The number of carboxylic acid groups (broad SMARTS) is 1. The van der Waals surface area contributed by atoms with Gasteiger partial charge in [-0.05, 0) is 12.1 Å². The molecule has 0 aliphatic carbocycles. The van der Waals surface area contributed by atoms with Gasteiger partial charge in [0.15, 0.2) is 0 Å². The molecule has 0 aromatic heterocycles. The summed E-state index contributed by atoms with van der Waals surface area (Å²) in [5.74, 6) is -2.38. The Hall–Kier alpha value is -2.09. The summed E-state index contributed by atoms with van der Waals surface area (Å²) < 4.78 is 29.8. The zero-order valence-electron chi connectivity index (χ0n) is 10.1. The summed E-state index contributed by atoms with van der Waals surface area (Å²) in [5.41, 5.74) is -0.205. The standard InChI is InChI=1S/C11H13NO6S/c1-18-10(13)6-7-19(16,17)12-9-5-3-2-4-8(9)11(14)15/h2-5,12H,6-7H2,1H3,(H,14,15). The molecule has 0 radical (unpaired) electrons. The van der Waals surface area contributed by atoms with E-state index in [1.807, 2.05) is 0 Å². The third-order valence-electron chi connectivity index (χ3n) is 2.23. The predicted octanol–water partition coefficient (Wildman–Crippen LogP) is 0.690. The number of rotatable bonds is 6. The molecule has 7 nitrogen and oxygen atoms in total. The number of sulfonamides is 1. The summed E-state index contributed by atoms with van der Waals surface area (Å²) in [7, 11) is -2.66. The van der Waals surface area contributed by atoms with E-state index in [0.29, 0.717) is 0 Å². The Balaban J connectivity index is 2.84. The Morgan fingerprint density at radius 1 is 1.32 bits per heavy atom. The average molecular weight is 287 g/mol. The molecular formula is C11H13NO6S. The van der Waals surface area contributed by atoms with Crippen molar-refractivity contribution in [3.8, 4) is 0 Å². The minimum absolute atomic E-state index is 0.0418. The number of anilines is 1. The van der Waals surface area contributed by atoms with E-state index < -0.39 is 27.7 Å². The number of hydrogen-bond acceptors (Lipinski definition) is 5. The van der Waals surface area contributed by atoms with Gasteiger partial charge in [-0.2, -0.15) is 0 Å². The van der Waals surface area contributed by atoms with Gasteiger partial charge in [0.1, 0.15) is 0 Å². The molecule has 104 valence electrons. The number of carbonyl (C=O) groups excluding carboxylic acids is 1. The van der Waals surface area contributed by atoms with Crippen LogP contribution in [0.3, 0.4) is 0 Å². The lowest BCUT2D eigenvalue weighted by Gasteiger charge is -2.09. The number of aromatic carboxylic acids is 1. The van der Waals surface area contributed by atoms with Crippen LogP contribution in [0.2, 0.25) is 0 Å². The summed E-state index contributed by atoms with van der Waals surface area (Å²) in [6.07, 6.45) is -0.304. The number of methoxy groups -OCH3 is 1. The van der Waals surface area contributed by atoms with Crippen LogP contribution in [-0.4, -0.2) is 38.3 Å². The minimum atomic E-state index is -3.81. The van der Waals surface area contributed by atoms with Gasteiger partial charge in [0.05, 0.1) is 30.5 Å². The summed E-state index contributed by atoms with van der Waals surface area (Å²) in [5, 5.41) is 8.91. The molecule has 0 atom stereocenters. The monoisotopic (exact) mass is 287 g/mol. The highest BCUT2D eigenvalue weighted by Crippen LogP contribution is 2.16. The van der Waals surface area contributed by atoms with Crippen LogP contribution in [0.1, 0.15) is 16.8 Å². The van der Waals surface area contributed by atoms with Crippen LogP contribution in [0.4, 0.5) is 5.69 Å². The molecule has 0 amide bonds. The third-order valence-corrected chi connectivity index (χ3v) is 3.50. The number of carbonyl (C=O) groups is 2. The van der Waals surface area contributed by atoms with E-state index in [9.17, 15) is 18.0 Å². The minimum Gasteiger partial charge on any atom is -0.478 e. The molecule has 1 aromatic rings. The van der Waals surface area contributed by atoms with Crippen LogP contribution in [0.25, 0.3) is 0 Å². The molecule has 0 spiro atoms. The van der Waals surface area contributed by atoms with Crippen LogP contribution < -0.4 is 4.72 Å². The third kappa shape index (κ3) is 4.59. The first-order valence-corrected chi connectivity index (χ1v) is 6.90. The molecule has 0 aliphatic heterocycles. The molecular weight excluding hydrogens is 274 g/mol. The predicted molar refractivity (Wildman–Crippen MR) is 67.4 cm³/mol. The fourth-order valence-corrected chi connectivity index (χ4v) is 2.35. The smallest absolute Gasteiger partial charge is 0.337 e. The van der Waals surface area contributed by atoms with Gasteiger partial charge in [0.25, 0.3) is 0 Å². The number of para-hydroxylation sites is 1. The van der Waals surface area contributed by atoms with Gasteiger partial charge in [0.2, 0.25) is 10.0 Å².